The van der Waals surface area contributed by atoms with Crippen LogP contribution in [0.4, 0.5) is 0 Å². The monoisotopic (exact) mass is 618 g/mol. The Hall–Kier alpha value is -4.80. The first-order valence-corrected chi connectivity index (χ1v) is 15.8. The van der Waals surface area contributed by atoms with Crippen LogP contribution in [0, 0.1) is 0 Å². The molecule has 6 aromatic rings. The number of H-pyrrole nitrogens is 1. The summed E-state index contributed by atoms with van der Waals surface area (Å²) in [6.07, 6.45) is 3.49. The highest BCUT2D eigenvalue weighted by molar-refractivity contribution is 7.99. The molecular formula is C34H26N4O4S2. The van der Waals surface area contributed by atoms with E-state index in [-0.39, 0.29) is 11.6 Å². The lowest BCUT2D eigenvalue weighted by molar-refractivity contribution is 0.354. The molecule has 10 heteroatoms. The van der Waals surface area contributed by atoms with Crippen LogP contribution < -0.4 is 24.4 Å². The number of nitrogens with zero attached hydrogens (tertiary/aromatic N) is 3. The van der Waals surface area contributed by atoms with Gasteiger partial charge in [-0.3, -0.25) is 9.36 Å². The summed E-state index contributed by atoms with van der Waals surface area (Å²) in [5, 5.41) is 1.42. The predicted octanol–water partition coefficient (Wildman–Crippen LogP) is 5.96. The average molecular weight is 619 g/mol. The van der Waals surface area contributed by atoms with E-state index in [1.807, 2.05) is 65.2 Å². The molecule has 2 aliphatic rings. The van der Waals surface area contributed by atoms with Crippen molar-refractivity contribution < 1.29 is 13.9 Å². The molecule has 0 saturated heterocycles. The van der Waals surface area contributed by atoms with Gasteiger partial charge in [-0.2, -0.15) is 0 Å². The Balaban J connectivity index is 1.23. The summed E-state index contributed by atoms with van der Waals surface area (Å²) in [7, 11) is 3.24. The second-order valence-electron chi connectivity index (χ2n) is 10.5. The number of hydrogen-bond donors (Lipinski definition) is 1. The zero-order chi connectivity index (χ0) is 29.8. The van der Waals surface area contributed by atoms with E-state index in [1.165, 1.54) is 28.7 Å². The Labute approximate surface area is 260 Å². The van der Waals surface area contributed by atoms with Crippen LogP contribution in [0.15, 0.2) is 109 Å². The fourth-order valence-electron chi connectivity index (χ4n) is 6.01. The first kappa shape index (κ1) is 26.8. The van der Waals surface area contributed by atoms with Crippen LogP contribution >= 0.6 is 23.1 Å². The van der Waals surface area contributed by atoms with Crippen LogP contribution in [0.1, 0.15) is 34.9 Å². The van der Waals surface area contributed by atoms with Crippen LogP contribution in [-0.4, -0.2) is 28.8 Å². The number of methoxy groups -OCH3 is 2. The molecule has 1 N–H and O–H groups in total. The van der Waals surface area contributed by atoms with Crippen molar-refractivity contribution in [2.45, 2.75) is 29.1 Å². The normalized spacial score (nSPS) is 16.0. The van der Waals surface area contributed by atoms with Gasteiger partial charge >= 0.3 is 0 Å². The molecule has 8 rings (SSSR count). The number of allylic oxidation sites excluding steroid dienone is 1. The summed E-state index contributed by atoms with van der Waals surface area (Å²) in [5.41, 5.74) is 7.16. The van der Waals surface area contributed by atoms with E-state index in [4.69, 9.17) is 18.9 Å². The third-order valence-electron chi connectivity index (χ3n) is 8.04. The van der Waals surface area contributed by atoms with Crippen molar-refractivity contribution in [1.29, 1.82) is 0 Å². The Morgan fingerprint density at radius 2 is 1.84 bits per heavy atom. The van der Waals surface area contributed by atoms with Crippen molar-refractivity contribution in [1.82, 2.24) is 14.5 Å². The third kappa shape index (κ3) is 4.49. The molecular weight excluding hydrogens is 593 g/mol. The maximum absolute atomic E-state index is 14.1. The lowest BCUT2D eigenvalue weighted by Gasteiger charge is -2.31. The van der Waals surface area contributed by atoms with E-state index < -0.39 is 0 Å². The van der Waals surface area contributed by atoms with Crippen LogP contribution in [0.25, 0.3) is 22.8 Å². The fourth-order valence-corrected chi connectivity index (χ4v) is 7.76. The number of rotatable bonds is 6. The standard InChI is InChI=1S/C34H26N4O4S2/c1-40-26-15-12-20(17-27(26)41-2)31-23-14-11-19-7-3-4-8-22(19)30(23)37-34-38(31)32(39)28(43-34)18-21-13-16-29(42-21)44-33-35-24-9-5-6-10-25(24)36-33/h3-10,12-13,15-18,31H,11,14H2,1-2H3,(H,35,36). The van der Waals surface area contributed by atoms with Crippen LogP contribution in [0.3, 0.4) is 0 Å². The topological polar surface area (TPSA) is 94.6 Å². The van der Waals surface area contributed by atoms with Crippen molar-refractivity contribution in [3.8, 4) is 11.5 Å². The molecule has 1 aliphatic carbocycles. The molecule has 4 heterocycles. The quantitative estimate of drug-likeness (QED) is 0.248. The zero-order valence-electron chi connectivity index (χ0n) is 23.9. The van der Waals surface area contributed by atoms with E-state index in [1.54, 1.807) is 20.3 Å². The first-order chi connectivity index (χ1) is 21.6. The van der Waals surface area contributed by atoms with Gasteiger partial charge in [-0.1, -0.05) is 53.8 Å². The summed E-state index contributed by atoms with van der Waals surface area (Å²) >= 11 is 2.78. The van der Waals surface area contributed by atoms with Gasteiger partial charge in [0.05, 0.1) is 41.5 Å². The van der Waals surface area contributed by atoms with Crippen molar-refractivity contribution in [2.75, 3.05) is 14.2 Å². The summed E-state index contributed by atoms with van der Waals surface area (Å²) in [6, 6.07) is 25.6. The largest absolute Gasteiger partial charge is 0.493 e. The SMILES string of the molecule is COc1ccc(C2C3=C(N=c4sc(=Cc5ccc(Sc6nc7ccccc7[nH]6)o5)c(=O)n42)c2ccccc2CC3)cc1OC. The van der Waals surface area contributed by atoms with Crippen molar-refractivity contribution in [2.24, 2.45) is 4.99 Å². The molecule has 1 aliphatic heterocycles. The van der Waals surface area contributed by atoms with Gasteiger partial charge in [0.1, 0.15) is 5.76 Å². The number of ether oxygens (including phenoxy) is 2. The number of aromatic nitrogens is 3. The molecule has 218 valence electrons. The van der Waals surface area contributed by atoms with E-state index in [2.05, 4.69) is 28.2 Å². The molecule has 0 spiro atoms. The van der Waals surface area contributed by atoms with Crippen LogP contribution in [0.2, 0.25) is 0 Å². The van der Waals surface area contributed by atoms with Gasteiger partial charge in [0.15, 0.2) is 26.5 Å². The lowest BCUT2D eigenvalue weighted by Crippen LogP contribution is -2.38. The molecule has 0 amide bonds. The van der Waals surface area contributed by atoms with Gasteiger partial charge in [0.2, 0.25) is 0 Å². The number of aromatic amines is 1. The second kappa shape index (κ2) is 10.7. The highest BCUT2D eigenvalue weighted by Gasteiger charge is 2.33. The second-order valence-corrected chi connectivity index (χ2v) is 12.5. The molecule has 3 aromatic heterocycles. The maximum atomic E-state index is 14.1. The molecule has 8 nitrogen and oxygen atoms in total. The lowest BCUT2D eigenvalue weighted by atomic mass is 9.83. The number of imidazole rings is 1. The van der Waals surface area contributed by atoms with Crippen LogP contribution in [0.5, 0.6) is 11.5 Å². The molecule has 1 atom stereocenters. The zero-order valence-corrected chi connectivity index (χ0v) is 25.5. The minimum absolute atomic E-state index is 0.109. The highest BCUT2D eigenvalue weighted by atomic mass is 32.2. The first-order valence-electron chi connectivity index (χ1n) is 14.2. The van der Waals surface area contributed by atoms with Gasteiger partial charge in [0, 0.05) is 11.6 Å². The summed E-state index contributed by atoms with van der Waals surface area (Å²) < 4.78 is 19.6. The summed E-state index contributed by atoms with van der Waals surface area (Å²) in [5.74, 6) is 1.85. The number of benzene rings is 3. The molecule has 3 aromatic carbocycles. The summed E-state index contributed by atoms with van der Waals surface area (Å²) in [6.45, 7) is 0. The molecule has 44 heavy (non-hydrogen) atoms. The Kier molecular flexibility index (Phi) is 6.53. The number of fused-ring (bicyclic) bond motifs is 4. The van der Waals surface area contributed by atoms with Crippen molar-refractivity contribution in [3.05, 3.63) is 127 Å². The van der Waals surface area contributed by atoms with E-state index in [0.29, 0.717) is 31.7 Å². The van der Waals surface area contributed by atoms with Gasteiger partial charge in [-0.15, -0.1) is 0 Å². The van der Waals surface area contributed by atoms with Crippen LogP contribution in [-0.2, 0) is 6.42 Å². The van der Waals surface area contributed by atoms with E-state index in [9.17, 15) is 4.79 Å². The van der Waals surface area contributed by atoms with Gasteiger partial charge in [-0.05, 0) is 77.7 Å². The van der Waals surface area contributed by atoms with Crippen molar-refractivity contribution in [3.63, 3.8) is 0 Å². The number of para-hydroxylation sites is 2. The number of aryl methyl sites for hydroxylation is 1. The minimum Gasteiger partial charge on any atom is -0.493 e. The van der Waals surface area contributed by atoms with Gasteiger partial charge < -0.3 is 18.9 Å². The predicted molar refractivity (Wildman–Crippen MR) is 171 cm³/mol. The van der Waals surface area contributed by atoms with Gasteiger partial charge in [-0.25, -0.2) is 9.98 Å². The Morgan fingerprint density at radius 3 is 2.70 bits per heavy atom. The Morgan fingerprint density at radius 1 is 1.00 bits per heavy atom. The number of nitrogens with one attached hydrogen (secondary N) is 1. The average Bonchev–Trinajstić information content (AvgIpc) is 3.76. The molecule has 0 saturated carbocycles. The number of furan rings is 1. The van der Waals surface area contributed by atoms with E-state index in [0.717, 1.165) is 51.4 Å². The molecule has 0 radical (unpaired) electrons. The van der Waals surface area contributed by atoms with E-state index >= 15 is 0 Å². The fraction of sp³-hybridized carbons (Fsp3) is 0.147. The van der Waals surface area contributed by atoms with Crippen molar-refractivity contribution >= 4 is 45.9 Å². The third-order valence-corrected chi connectivity index (χ3v) is 9.83. The Bertz CT molecular complexity index is 2260. The van der Waals surface area contributed by atoms with Gasteiger partial charge in [0.25, 0.3) is 5.56 Å². The minimum atomic E-state index is -0.327. The maximum Gasteiger partial charge on any atom is 0.271 e. The summed E-state index contributed by atoms with van der Waals surface area (Å²) in [4.78, 5) is 27.8. The molecule has 0 fully saturated rings. The smallest absolute Gasteiger partial charge is 0.271 e. The number of hydrogen-bond acceptors (Lipinski definition) is 8. The molecule has 0 bridgehead atoms. The number of thiazole rings is 1. The highest BCUT2D eigenvalue weighted by Crippen LogP contribution is 2.42. The molecule has 1 unspecified atom stereocenters.